The molecule has 0 amide bonds. The molecule has 0 spiro atoms. The van der Waals surface area contributed by atoms with Crippen LogP contribution >= 0.6 is 0 Å². The molecule has 70 valence electrons. The van der Waals surface area contributed by atoms with Gasteiger partial charge in [-0.2, -0.15) is 0 Å². The van der Waals surface area contributed by atoms with Crippen LogP contribution in [-0.2, 0) is 4.74 Å². The van der Waals surface area contributed by atoms with Crippen molar-refractivity contribution in [2.75, 3.05) is 13.2 Å². The lowest BCUT2D eigenvalue weighted by Gasteiger charge is -1.99. The molecular weight excluding hydrogens is 168 g/mol. The second-order valence-corrected chi connectivity index (χ2v) is 2.60. The van der Waals surface area contributed by atoms with E-state index in [0.29, 0.717) is 12.3 Å². The molecule has 1 aromatic rings. The molecule has 1 aromatic heterocycles. The molecule has 0 fully saturated rings. The Labute approximate surface area is 77.0 Å². The summed E-state index contributed by atoms with van der Waals surface area (Å²) in [7, 11) is 0. The van der Waals surface area contributed by atoms with Gasteiger partial charge < -0.3 is 4.74 Å². The number of aryl methyl sites for hydroxylation is 1. The summed E-state index contributed by atoms with van der Waals surface area (Å²) in [6, 6.07) is 0. The quantitative estimate of drug-likeness (QED) is 0.649. The van der Waals surface area contributed by atoms with Gasteiger partial charge in [-0.05, 0) is 13.8 Å². The maximum atomic E-state index is 11.3. The van der Waals surface area contributed by atoms with Crippen LogP contribution in [0.15, 0.2) is 12.4 Å². The lowest BCUT2D eigenvalue weighted by atomic mass is 10.3. The van der Waals surface area contributed by atoms with E-state index in [0.717, 1.165) is 5.69 Å². The zero-order valence-corrected chi connectivity index (χ0v) is 7.78. The van der Waals surface area contributed by atoms with Crippen molar-refractivity contribution >= 4 is 5.78 Å². The van der Waals surface area contributed by atoms with Crippen molar-refractivity contribution in [3.05, 3.63) is 23.8 Å². The maximum Gasteiger partial charge on any atom is 0.208 e. The first-order chi connectivity index (χ1) is 6.24. The summed E-state index contributed by atoms with van der Waals surface area (Å²) in [5.74, 6) is -0.130. The molecule has 13 heavy (non-hydrogen) atoms. The fourth-order valence-electron chi connectivity index (χ4n) is 0.805. The number of nitrogens with zero attached hydrogens (tertiary/aromatic N) is 2. The minimum absolute atomic E-state index is 0.0776. The van der Waals surface area contributed by atoms with Gasteiger partial charge in [0, 0.05) is 12.8 Å². The second-order valence-electron chi connectivity index (χ2n) is 2.60. The highest BCUT2D eigenvalue weighted by atomic mass is 16.5. The third-order valence-corrected chi connectivity index (χ3v) is 1.50. The van der Waals surface area contributed by atoms with Crippen LogP contribution in [0.5, 0.6) is 0 Å². The summed E-state index contributed by atoms with van der Waals surface area (Å²) in [4.78, 5) is 19.2. The monoisotopic (exact) mass is 180 g/mol. The summed E-state index contributed by atoms with van der Waals surface area (Å²) < 4.78 is 4.96. The van der Waals surface area contributed by atoms with Crippen molar-refractivity contribution in [3.8, 4) is 0 Å². The summed E-state index contributed by atoms with van der Waals surface area (Å²) in [6.45, 7) is 4.27. The summed E-state index contributed by atoms with van der Waals surface area (Å²) in [5, 5.41) is 0. The average Bonchev–Trinajstić information content (AvgIpc) is 2.15. The lowest BCUT2D eigenvalue weighted by molar-refractivity contribution is 0.0778. The average molecular weight is 180 g/mol. The van der Waals surface area contributed by atoms with Gasteiger partial charge in [-0.15, -0.1) is 0 Å². The second kappa shape index (κ2) is 4.67. The number of ether oxygens (including phenoxy) is 1. The highest BCUT2D eigenvalue weighted by Gasteiger charge is 2.06. The molecular formula is C9H12N2O2. The number of aromatic nitrogens is 2. The first kappa shape index (κ1) is 9.80. The van der Waals surface area contributed by atoms with Crippen LogP contribution in [0.2, 0.25) is 0 Å². The number of Topliss-reactive ketones (excluding diaryl/α,β-unsaturated/α-hetero) is 1. The van der Waals surface area contributed by atoms with Crippen LogP contribution in [0.3, 0.4) is 0 Å². The van der Waals surface area contributed by atoms with Gasteiger partial charge >= 0.3 is 0 Å². The third kappa shape index (κ3) is 2.91. The molecule has 0 saturated carbocycles. The number of carbonyl (C=O) groups is 1. The van der Waals surface area contributed by atoms with Crippen molar-refractivity contribution in [2.45, 2.75) is 13.8 Å². The van der Waals surface area contributed by atoms with Gasteiger partial charge in [0.05, 0.1) is 11.9 Å². The van der Waals surface area contributed by atoms with Crippen LogP contribution < -0.4 is 0 Å². The number of hydrogen-bond donors (Lipinski definition) is 0. The van der Waals surface area contributed by atoms with E-state index in [4.69, 9.17) is 4.74 Å². The van der Waals surface area contributed by atoms with Gasteiger partial charge in [-0.3, -0.25) is 9.78 Å². The standard InChI is InChI=1S/C9H12N2O2/c1-3-13-6-9(12)8-5-10-7(2)4-11-8/h4-5H,3,6H2,1-2H3. The van der Waals surface area contributed by atoms with Gasteiger partial charge in [-0.25, -0.2) is 4.98 Å². The predicted molar refractivity (Wildman–Crippen MR) is 47.6 cm³/mol. The Balaban J connectivity index is 2.61. The Morgan fingerprint density at radius 3 is 2.77 bits per heavy atom. The van der Waals surface area contributed by atoms with Crippen molar-refractivity contribution in [3.63, 3.8) is 0 Å². The number of hydrogen-bond acceptors (Lipinski definition) is 4. The van der Waals surface area contributed by atoms with Crippen LogP contribution in [0.4, 0.5) is 0 Å². The molecule has 0 aliphatic rings. The largest absolute Gasteiger partial charge is 0.374 e. The molecule has 1 heterocycles. The lowest BCUT2D eigenvalue weighted by Crippen LogP contribution is -2.11. The molecule has 1 rings (SSSR count). The fraction of sp³-hybridized carbons (Fsp3) is 0.444. The van der Waals surface area contributed by atoms with Crippen LogP contribution in [-0.4, -0.2) is 29.0 Å². The van der Waals surface area contributed by atoms with Crippen molar-refractivity contribution < 1.29 is 9.53 Å². The van der Waals surface area contributed by atoms with Gasteiger partial charge in [0.25, 0.3) is 0 Å². The normalized spacial score (nSPS) is 10.0. The number of carbonyl (C=O) groups excluding carboxylic acids is 1. The third-order valence-electron chi connectivity index (χ3n) is 1.50. The molecule has 0 aliphatic heterocycles. The SMILES string of the molecule is CCOCC(=O)c1cnc(C)cn1. The van der Waals surface area contributed by atoms with E-state index in [1.807, 2.05) is 13.8 Å². The molecule has 0 bridgehead atoms. The fourth-order valence-corrected chi connectivity index (χ4v) is 0.805. The molecule has 0 radical (unpaired) electrons. The van der Waals surface area contributed by atoms with Crippen LogP contribution in [0.1, 0.15) is 23.1 Å². The predicted octanol–water partition coefficient (Wildman–Crippen LogP) is 1.00. The Morgan fingerprint density at radius 1 is 1.46 bits per heavy atom. The van der Waals surface area contributed by atoms with Gasteiger partial charge in [-0.1, -0.05) is 0 Å². The Morgan fingerprint density at radius 2 is 2.23 bits per heavy atom. The molecule has 0 aliphatic carbocycles. The number of rotatable bonds is 4. The summed E-state index contributed by atoms with van der Waals surface area (Å²) in [6.07, 6.45) is 3.04. The number of ketones is 1. The molecule has 0 N–H and O–H groups in total. The first-order valence-electron chi connectivity index (χ1n) is 4.13. The van der Waals surface area contributed by atoms with Crippen LogP contribution in [0.25, 0.3) is 0 Å². The van der Waals surface area contributed by atoms with E-state index < -0.39 is 0 Å². The van der Waals surface area contributed by atoms with Crippen LogP contribution in [0, 0.1) is 6.92 Å². The molecule has 4 heteroatoms. The van der Waals surface area contributed by atoms with E-state index in [2.05, 4.69) is 9.97 Å². The zero-order chi connectivity index (χ0) is 9.68. The molecule has 0 saturated heterocycles. The van der Waals surface area contributed by atoms with Crippen molar-refractivity contribution in [1.29, 1.82) is 0 Å². The molecule has 4 nitrogen and oxygen atoms in total. The van der Waals surface area contributed by atoms with E-state index in [1.54, 1.807) is 6.20 Å². The molecule has 0 unspecified atom stereocenters. The van der Waals surface area contributed by atoms with Gasteiger partial charge in [0.2, 0.25) is 5.78 Å². The van der Waals surface area contributed by atoms with E-state index in [1.165, 1.54) is 6.20 Å². The Kier molecular flexibility index (Phi) is 3.52. The smallest absolute Gasteiger partial charge is 0.208 e. The summed E-state index contributed by atoms with van der Waals surface area (Å²) in [5.41, 5.74) is 1.16. The maximum absolute atomic E-state index is 11.3. The zero-order valence-electron chi connectivity index (χ0n) is 7.78. The minimum atomic E-state index is -0.130. The topological polar surface area (TPSA) is 52.1 Å². The van der Waals surface area contributed by atoms with E-state index in [9.17, 15) is 4.79 Å². The van der Waals surface area contributed by atoms with Crippen molar-refractivity contribution in [2.24, 2.45) is 0 Å². The molecule has 0 aromatic carbocycles. The van der Waals surface area contributed by atoms with E-state index >= 15 is 0 Å². The highest BCUT2D eigenvalue weighted by Crippen LogP contribution is 1.95. The molecule has 0 atom stereocenters. The van der Waals surface area contributed by atoms with Gasteiger partial charge in [0.15, 0.2) is 0 Å². The van der Waals surface area contributed by atoms with Gasteiger partial charge in [0.1, 0.15) is 12.3 Å². The Hall–Kier alpha value is -1.29. The summed E-state index contributed by atoms with van der Waals surface area (Å²) >= 11 is 0. The highest BCUT2D eigenvalue weighted by molar-refractivity contribution is 5.94. The Bertz CT molecular complexity index is 282. The van der Waals surface area contributed by atoms with Crippen molar-refractivity contribution in [1.82, 2.24) is 9.97 Å². The minimum Gasteiger partial charge on any atom is -0.374 e. The first-order valence-corrected chi connectivity index (χ1v) is 4.13. The van der Waals surface area contributed by atoms with E-state index in [-0.39, 0.29) is 12.4 Å².